The van der Waals surface area contributed by atoms with E-state index >= 15 is 0 Å². The fourth-order valence-corrected chi connectivity index (χ4v) is 4.14. The molecule has 3 rings (SSSR count). The monoisotopic (exact) mass is 310 g/mol. The molecule has 3 aliphatic rings. The quantitative estimate of drug-likeness (QED) is 0.796. The highest BCUT2D eigenvalue weighted by Gasteiger charge is 2.36. The molecule has 126 valence electrons. The number of piperidine rings is 2. The van der Waals surface area contributed by atoms with E-state index in [0.29, 0.717) is 31.7 Å². The van der Waals surface area contributed by atoms with E-state index in [9.17, 15) is 4.79 Å². The zero-order valence-electron chi connectivity index (χ0n) is 13.8. The number of carbonyl (C=O) groups is 1. The summed E-state index contributed by atoms with van der Waals surface area (Å²) < 4.78 is 11.4. The molecule has 0 N–H and O–H groups in total. The lowest BCUT2D eigenvalue weighted by Gasteiger charge is -2.40. The Hall–Kier alpha value is -0.650. The van der Waals surface area contributed by atoms with Crippen molar-refractivity contribution in [1.29, 1.82) is 0 Å². The third-order valence-electron chi connectivity index (χ3n) is 5.38. The molecule has 3 saturated heterocycles. The molecule has 2 unspecified atom stereocenters. The first-order valence-electron chi connectivity index (χ1n) is 9.06. The number of hydrogen-bond acceptors (Lipinski definition) is 4. The first-order chi connectivity index (χ1) is 10.8. The Bertz CT molecular complexity index is 371. The van der Waals surface area contributed by atoms with Gasteiger partial charge in [0.05, 0.1) is 25.8 Å². The van der Waals surface area contributed by atoms with Crippen molar-refractivity contribution in [3.8, 4) is 0 Å². The lowest BCUT2D eigenvalue weighted by molar-refractivity contribution is -0.143. The summed E-state index contributed by atoms with van der Waals surface area (Å²) in [6, 6.07) is 0.702. The van der Waals surface area contributed by atoms with Gasteiger partial charge >= 0.3 is 0 Å². The number of hydrogen-bond donors (Lipinski definition) is 0. The molecule has 2 atom stereocenters. The highest BCUT2D eigenvalue weighted by atomic mass is 16.7. The van der Waals surface area contributed by atoms with E-state index in [-0.39, 0.29) is 12.3 Å². The summed E-state index contributed by atoms with van der Waals surface area (Å²) in [7, 11) is 0. The van der Waals surface area contributed by atoms with Gasteiger partial charge in [0.15, 0.2) is 6.29 Å². The van der Waals surface area contributed by atoms with Crippen LogP contribution in [0.5, 0.6) is 0 Å². The molecule has 3 fully saturated rings. The summed E-state index contributed by atoms with van der Waals surface area (Å²) in [4.78, 5) is 17.2. The molecule has 0 spiro atoms. The zero-order valence-corrected chi connectivity index (χ0v) is 13.8. The van der Waals surface area contributed by atoms with Gasteiger partial charge in [-0.3, -0.25) is 9.69 Å². The van der Waals surface area contributed by atoms with Gasteiger partial charge in [0.2, 0.25) is 5.91 Å². The van der Waals surface area contributed by atoms with Crippen LogP contribution in [0.2, 0.25) is 0 Å². The van der Waals surface area contributed by atoms with E-state index < -0.39 is 0 Å². The summed E-state index contributed by atoms with van der Waals surface area (Å²) >= 11 is 0. The van der Waals surface area contributed by atoms with E-state index in [4.69, 9.17) is 9.47 Å². The number of ether oxygens (including phenoxy) is 2. The number of likely N-dealkylation sites (tertiary alicyclic amines) is 2. The Morgan fingerprint density at radius 2 is 1.77 bits per heavy atom. The van der Waals surface area contributed by atoms with Crippen molar-refractivity contribution in [3.05, 3.63) is 0 Å². The minimum absolute atomic E-state index is 0.128. The Morgan fingerprint density at radius 1 is 1.05 bits per heavy atom. The Kier molecular flexibility index (Phi) is 5.71. The topological polar surface area (TPSA) is 42.0 Å². The smallest absolute Gasteiger partial charge is 0.237 e. The molecule has 3 heterocycles. The van der Waals surface area contributed by atoms with Crippen molar-refractivity contribution in [3.63, 3.8) is 0 Å². The molecule has 5 nitrogen and oxygen atoms in total. The van der Waals surface area contributed by atoms with Crippen molar-refractivity contribution in [2.45, 2.75) is 70.2 Å². The molecule has 0 radical (unpaired) electrons. The maximum absolute atomic E-state index is 12.8. The molecule has 0 aromatic rings. The highest BCUT2D eigenvalue weighted by Crippen LogP contribution is 2.25. The average molecular weight is 310 g/mol. The second-order valence-corrected chi connectivity index (χ2v) is 6.79. The van der Waals surface area contributed by atoms with E-state index in [0.717, 1.165) is 32.4 Å². The van der Waals surface area contributed by atoms with Gasteiger partial charge < -0.3 is 14.4 Å². The molecule has 0 aromatic carbocycles. The standard InChI is InChI=1S/C17H30N2O3/c1-2-14-7-3-6-10-19(14)16(20)13-18-9-5-4-8-15(18)17-21-11-12-22-17/h14-15,17H,2-13H2,1H3. The van der Waals surface area contributed by atoms with Crippen LogP contribution >= 0.6 is 0 Å². The lowest BCUT2D eigenvalue weighted by atomic mass is 9.99. The second kappa shape index (κ2) is 7.75. The van der Waals surface area contributed by atoms with E-state index in [1.54, 1.807) is 0 Å². The van der Waals surface area contributed by atoms with Gasteiger partial charge in [-0.15, -0.1) is 0 Å². The fraction of sp³-hybridized carbons (Fsp3) is 0.941. The maximum Gasteiger partial charge on any atom is 0.237 e. The largest absolute Gasteiger partial charge is 0.349 e. The first-order valence-corrected chi connectivity index (χ1v) is 9.06. The van der Waals surface area contributed by atoms with Gasteiger partial charge in [0.1, 0.15) is 0 Å². The van der Waals surface area contributed by atoms with Crippen LogP contribution in [0.15, 0.2) is 0 Å². The molecular weight excluding hydrogens is 280 g/mol. The molecule has 3 aliphatic heterocycles. The average Bonchev–Trinajstić information content (AvgIpc) is 3.09. The van der Waals surface area contributed by atoms with Gasteiger partial charge in [0, 0.05) is 12.6 Å². The van der Waals surface area contributed by atoms with Crippen LogP contribution in [0.3, 0.4) is 0 Å². The lowest BCUT2D eigenvalue weighted by Crippen LogP contribution is -2.53. The van der Waals surface area contributed by atoms with E-state index in [2.05, 4.69) is 16.7 Å². The van der Waals surface area contributed by atoms with Crippen molar-refractivity contribution in [2.24, 2.45) is 0 Å². The van der Waals surface area contributed by atoms with Crippen LogP contribution in [0.25, 0.3) is 0 Å². The van der Waals surface area contributed by atoms with Crippen LogP contribution in [0, 0.1) is 0 Å². The van der Waals surface area contributed by atoms with Crippen molar-refractivity contribution in [1.82, 2.24) is 9.80 Å². The van der Waals surface area contributed by atoms with Gasteiger partial charge in [-0.2, -0.15) is 0 Å². The van der Waals surface area contributed by atoms with Crippen molar-refractivity contribution in [2.75, 3.05) is 32.8 Å². The van der Waals surface area contributed by atoms with Gasteiger partial charge in [-0.05, 0) is 45.1 Å². The number of amides is 1. The predicted molar refractivity (Wildman–Crippen MR) is 84.5 cm³/mol. The van der Waals surface area contributed by atoms with E-state index in [1.165, 1.54) is 25.7 Å². The highest BCUT2D eigenvalue weighted by molar-refractivity contribution is 5.78. The Balaban J connectivity index is 1.60. The third-order valence-corrected chi connectivity index (χ3v) is 5.38. The molecule has 1 amide bonds. The normalized spacial score (nSPS) is 31.6. The van der Waals surface area contributed by atoms with Crippen LogP contribution in [-0.2, 0) is 14.3 Å². The zero-order chi connectivity index (χ0) is 15.4. The summed E-state index contributed by atoms with van der Waals surface area (Å²) in [5.41, 5.74) is 0. The number of rotatable bonds is 4. The summed E-state index contributed by atoms with van der Waals surface area (Å²) in [6.45, 7) is 6.03. The SMILES string of the molecule is CCC1CCCCN1C(=O)CN1CCCCC1C1OCCO1. The van der Waals surface area contributed by atoms with Gasteiger partial charge in [0.25, 0.3) is 0 Å². The molecule has 0 saturated carbocycles. The minimum Gasteiger partial charge on any atom is -0.349 e. The molecule has 22 heavy (non-hydrogen) atoms. The second-order valence-electron chi connectivity index (χ2n) is 6.79. The van der Waals surface area contributed by atoms with Crippen LogP contribution in [-0.4, -0.2) is 66.9 Å². The maximum atomic E-state index is 12.8. The van der Waals surface area contributed by atoms with Gasteiger partial charge in [-0.1, -0.05) is 13.3 Å². The van der Waals surface area contributed by atoms with Crippen molar-refractivity contribution >= 4 is 5.91 Å². The molecule has 0 bridgehead atoms. The van der Waals surface area contributed by atoms with Crippen LogP contribution in [0.1, 0.15) is 51.9 Å². The van der Waals surface area contributed by atoms with Crippen molar-refractivity contribution < 1.29 is 14.3 Å². The molecule has 0 aliphatic carbocycles. The molecular formula is C17H30N2O3. The fourth-order valence-electron chi connectivity index (χ4n) is 4.14. The minimum atomic E-state index is -0.128. The van der Waals surface area contributed by atoms with Crippen LogP contribution < -0.4 is 0 Å². The van der Waals surface area contributed by atoms with E-state index in [1.807, 2.05) is 0 Å². The number of carbonyl (C=O) groups excluding carboxylic acids is 1. The Morgan fingerprint density at radius 3 is 2.55 bits per heavy atom. The predicted octanol–water partition coefficient (Wildman–Crippen LogP) is 2.00. The third kappa shape index (κ3) is 3.63. The summed E-state index contributed by atoms with van der Waals surface area (Å²) in [5.74, 6) is 0.302. The molecule has 5 heteroatoms. The summed E-state index contributed by atoms with van der Waals surface area (Å²) in [5, 5.41) is 0. The van der Waals surface area contributed by atoms with Crippen LogP contribution in [0.4, 0.5) is 0 Å². The first kappa shape index (κ1) is 16.2. The summed E-state index contributed by atoms with van der Waals surface area (Å²) in [6.07, 6.45) is 7.99. The molecule has 0 aromatic heterocycles. The Labute approximate surface area is 133 Å². The number of nitrogens with zero attached hydrogens (tertiary/aromatic N) is 2. The van der Waals surface area contributed by atoms with Gasteiger partial charge in [-0.25, -0.2) is 0 Å².